The Kier molecular flexibility index (Phi) is 6.91. The fourth-order valence-corrected chi connectivity index (χ4v) is 13.6. The second kappa shape index (κ2) is 12.2. The highest BCUT2D eigenvalue weighted by Gasteiger charge is 2.52. The van der Waals surface area contributed by atoms with Gasteiger partial charge in [-0.25, -0.2) is 0 Å². The summed E-state index contributed by atoms with van der Waals surface area (Å²) in [4.78, 5) is 2.60. The zero-order valence-corrected chi connectivity index (χ0v) is 36.5. The van der Waals surface area contributed by atoms with E-state index >= 15 is 0 Å². The molecule has 1 aromatic heterocycles. The molecule has 2 heterocycles. The largest absolute Gasteiger partial charge is 0.455 e. The number of hydrogen-bond donors (Lipinski definition) is 0. The van der Waals surface area contributed by atoms with Crippen molar-refractivity contribution in [3.63, 3.8) is 0 Å². The minimum absolute atomic E-state index is 0.0455. The molecule has 2 heteroatoms. The standard InChI is InChI=1S/C61H42OS/c1-59(2)45-18-8-5-15-38(45)43-31-35(26-29-47(43)59)36-25-28-40-51(33-36)61(49-20-10-13-23-54(49)63-55-24-14-11-21-50(55)61)52-34-42(58-57(56(40)52)41-17-7-12-22-53(41)62-58)37-27-30-48-44(32-37)39-16-6-9-19-46(39)60(48,3)4/h5-34H,1-4H3. The Morgan fingerprint density at radius 2 is 0.873 bits per heavy atom. The van der Waals surface area contributed by atoms with Gasteiger partial charge in [0.1, 0.15) is 11.2 Å². The first-order chi connectivity index (χ1) is 30.7. The number of para-hydroxylation sites is 1. The third-order valence-corrected chi connectivity index (χ3v) is 16.5. The van der Waals surface area contributed by atoms with Gasteiger partial charge in [0.2, 0.25) is 0 Å². The Hall–Kier alpha value is -6.87. The van der Waals surface area contributed by atoms with Crippen LogP contribution in [0.5, 0.6) is 0 Å². The van der Waals surface area contributed by atoms with Crippen molar-refractivity contribution in [3.8, 4) is 55.6 Å². The molecular formula is C61H42OS. The molecule has 4 aliphatic rings. The fraction of sp³-hybridized carbons (Fsp3) is 0.115. The first-order valence-corrected chi connectivity index (χ1v) is 23.1. The molecular weight excluding hydrogens is 781 g/mol. The summed E-state index contributed by atoms with van der Waals surface area (Å²) in [5.74, 6) is 0. The lowest BCUT2D eigenvalue weighted by molar-refractivity contribution is 0.660. The van der Waals surface area contributed by atoms with Crippen LogP contribution in [0.25, 0.3) is 77.6 Å². The van der Waals surface area contributed by atoms with E-state index in [1.807, 2.05) is 11.8 Å². The van der Waals surface area contributed by atoms with E-state index in [9.17, 15) is 0 Å². The van der Waals surface area contributed by atoms with Crippen LogP contribution < -0.4 is 0 Å². The van der Waals surface area contributed by atoms with Crippen LogP contribution in [0.2, 0.25) is 0 Å². The van der Waals surface area contributed by atoms with E-state index in [0.29, 0.717) is 0 Å². The molecule has 0 radical (unpaired) electrons. The van der Waals surface area contributed by atoms with E-state index in [4.69, 9.17) is 4.42 Å². The van der Waals surface area contributed by atoms with Gasteiger partial charge in [-0.1, -0.05) is 179 Å². The van der Waals surface area contributed by atoms with Crippen molar-refractivity contribution >= 4 is 33.7 Å². The van der Waals surface area contributed by atoms with Gasteiger partial charge in [0, 0.05) is 37.0 Å². The van der Waals surface area contributed by atoms with Crippen molar-refractivity contribution < 1.29 is 4.42 Å². The number of benzene rings is 9. The van der Waals surface area contributed by atoms with Crippen molar-refractivity contribution in [1.29, 1.82) is 0 Å². The SMILES string of the molecule is CC1(C)c2ccccc2-c2cc(-c3ccc4c(c3)C3(c5ccccc5Sc5ccccc53)c3cc(-c5ccc6c(c5)-c5ccccc5C6(C)C)c5oc6ccccc6c5c3-4)ccc21. The molecule has 14 rings (SSSR count). The molecule has 0 atom stereocenters. The molecule has 0 N–H and O–H groups in total. The average Bonchev–Trinajstić information content (AvgIpc) is 3.98. The smallest absolute Gasteiger partial charge is 0.143 e. The number of rotatable bonds is 2. The van der Waals surface area contributed by atoms with E-state index < -0.39 is 5.41 Å². The molecule has 0 fully saturated rings. The highest BCUT2D eigenvalue weighted by Crippen LogP contribution is 2.65. The highest BCUT2D eigenvalue weighted by molar-refractivity contribution is 7.99. The zero-order chi connectivity index (χ0) is 42.0. The Morgan fingerprint density at radius 1 is 0.365 bits per heavy atom. The summed E-state index contributed by atoms with van der Waals surface area (Å²) in [7, 11) is 0. The van der Waals surface area contributed by atoms with Crippen LogP contribution in [0.1, 0.15) is 72.2 Å². The summed E-state index contributed by atoms with van der Waals surface area (Å²) in [5, 5.41) is 2.34. The maximum Gasteiger partial charge on any atom is 0.143 e. The Labute approximate surface area is 372 Å². The number of hydrogen-bond acceptors (Lipinski definition) is 2. The van der Waals surface area contributed by atoms with Crippen LogP contribution >= 0.6 is 11.8 Å². The number of furan rings is 1. The number of fused-ring (bicyclic) bond motifs is 19. The Morgan fingerprint density at radius 3 is 1.54 bits per heavy atom. The zero-order valence-electron chi connectivity index (χ0n) is 35.6. The summed E-state index contributed by atoms with van der Waals surface area (Å²) in [6.45, 7) is 9.44. The normalized spacial score (nSPS) is 15.9. The van der Waals surface area contributed by atoms with Crippen molar-refractivity contribution in [2.24, 2.45) is 0 Å². The second-order valence-corrected chi connectivity index (χ2v) is 20.2. The van der Waals surface area contributed by atoms with Gasteiger partial charge in [-0.2, -0.15) is 0 Å². The predicted octanol–water partition coefficient (Wildman–Crippen LogP) is 16.4. The Bertz CT molecular complexity index is 3620. The quantitative estimate of drug-likeness (QED) is 0.172. The van der Waals surface area contributed by atoms with E-state index in [0.717, 1.165) is 22.1 Å². The van der Waals surface area contributed by atoms with Crippen LogP contribution in [0.3, 0.4) is 0 Å². The van der Waals surface area contributed by atoms with Gasteiger partial charge < -0.3 is 4.42 Å². The molecule has 1 nitrogen and oxygen atoms in total. The van der Waals surface area contributed by atoms with Gasteiger partial charge >= 0.3 is 0 Å². The van der Waals surface area contributed by atoms with E-state index in [2.05, 4.69) is 210 Å². The van der Waals surface area contributed by atoms with Gasteiger partial charge in [0.05, 0.1) is 5.41 Å². The fourth-order valence-electron chi connectivity index (χ4n) is 12.4. The molecule has 63 heavy (non-hydrogen) atoms. The van der Waals surface area contributed by atoms with E-state index in [-0.39, 0.29) is 10.8 Å². The van der Waals surface area contributed by atoms with E-state index in [1.54, 1.807) is 0 Å². The summed E-state index contributed by atoms with van der Waals surface area (Å²) in [5.41, 5.74) is 24.6. The molecule has 0 bridgehead atoms. The van der Waals surface area contributed by atoms with Crippen LogP contribution in [0.15, 0.2) is 196 Å². The molecule has 10 aromatic rings. The highest BCUT2D eigenvalue weighted by atomic mass is 32.2. The molecule has 9 aromatic carbocycles. The first-order valence-electron chi connectivity index (χ1n) is 22.2. The summed E-state index contributed by atoms with van der Waals surface area (Å²) in [6, 6.07) is 69.1. The maximum absolute atomic E-state index is 7.10. The van der Waals surface area contributed by atoms with Crippen molar-refractivity contribution in [1.82, 2.24) is 0 Å². The molecule has 0 unspecified atom stereocenters. The monoisotopic (exact) mass is 822 g/mol. The minimum Gasteiger partial charge on any atom is -0.455 e. The topological polar surface area (TPSA) is 13.1 Å². The first kappa shape index (κ1) is 35.7. The third kappa shape index (κ3) is 4.44. The molecule has 1 spiro atoms. The lowest BCUT2D eigenvalue weighted by Gasteiger charge is -2.40. The van der Waals surface area contributed by atoms with Gasteiger partial charge in [-0.3, -0.25) is 0 Å². The lowest BCUT2D eigenvalue weighted by Crippen LogP contribution is -2.32. The molecule has 0 amide bonds. The van der Waals surface area contributed by atoms with Crippen molar-refractivity contribution in [3.05, 3.63) is 226 Å². The van der Waals surface area contributed by atoms with Crippen LogP contribution in [0, 0.1) is 0 Å². The average molecular weight is 823 g/mol. The van der Waals surface area contributed by atoms with Gasteiger partial charge in [0.15, 0.2) is 0 Å². The molecule has 1 aliphatic heterocycles. The summed E-state index contributed by atoms with van der Waals surface area (Å²) in [6.07, 6.45) is 0. The minimum atomic E-state index is -0.586. The van der Waals surface area contributed by atoms with Gasteiger partial charge in [-0.05, 0) is 137 Å². The predicted molar refractivity (Wildman–Crippen MR) is 261 cm³/mol. The summed E-state index contributed by atoms with van der Waals surface area (Å²) < 4.78 is 7.10. The molecule has 3 aliphatic carbocycles. The third-order valence-electron chi connectivity index (χ3n) is 15.4. The Balaban J connectivity index is 1.09. The van der Waals surface area contributed by atoms with E-state index in [1.165, 1.54) is 110 Å². The molecule has 0 saturated carbocycles. The van der Waals surface area contributed by atoms with Crippen LogP contribution in [-0.4, -0.2) is 0 Å². The van der Waals surface area contributed by atoms with Crippen molar-refractivity contribution in [2.75, 3.05) is 0 Å². The van der Waals surface area contributed by atoms with Crippen LogP contribution in [-0.2, 0) is 16.2 Å². The molecule has 0 saturated heterocycles. The van der Waals surface area contributed by atoms with Gasteiger partial charge in [0.25, 0.3) is 0 Å². The van der Waals surface area contributed by atoms with Crippen LogP contribution in [0.4, 0.5) is 0 Å². The van der Waals surface area contributed by atoms with Crippen molar-refractivity contribution in [2.45, 2.75) is 53.7 Å². The second-order valence-electron chi connectivity index (χ2n) is 19.1. The maximum atomic E-state index is 7.10. The summed E-state index contributed by atoms with van der Waals surface area (Å²) >= 11 is 1.90. The molecule has 298 valence electrons. The lowest BCUT2D eigenvalue weighted by atomic mass is 9.66. The van der Waals surface area contributed by atoms with Gasteiger partial charge in [-0.15, -0.1) is 0 Å².